The Kier molecular flexibility index (Phi) is 5.59. The molecule has 1 amide bonds. The highest BCUT2D eigenvalue weighted by atomic mass is 19.4. The first-order valence-electron chi connectivity index (χ1n) is 9.75. The molecule has 1 fully saturated rings. The van der Waals surface area contributed by atoms with E-state index in [2.05, 4.69) is 4.98 Å². The van der Waals surface area contributed by atoms with Gasteiger partial charge in [0.15, 0.2) is 0 Å². The van der Waals surface area contributed by atoms with Crippen LogP contribution in [0.25, 0.3) is 0 Å². The Bertz CT molecular complexity index is 853. The van der Waals surface area contributed by atoms with Crippen LogP contribution in [0.4, 0.5) is 29.3 Å². The molecule has 1 saturated heterocycles. The topological polar surface area (TPSA) is 112 Å². The second-order valence-electron chi connectivity index (χ2n) is 8.94. The fraction of sp³-hybridized carbons (Fsp3) is 0.684. The predicted octanol–water partition coefficient (Wildman–Crippen LogP) is 3.75. The van der Waals surface area contributed by atoms with Crippen LogP contribution in [0.5, 0.6) is 0 Å². The number of halogens is 3. The highest BCUT2D eigenvalue weighted by Gasteiger charge is 2.53. The van der Waals surface area contributed by atoms with Gasteiger partial charge in [-0.1, -0.05) is 20.8 Å². The van der Waals surface area contributed by atoms with Crippen LogP contribution in [0.2, 0.25) is 0 Å². The molecule has 2 N–H and O–H groups in total. The van der Waals surface area contributed by atoms with Crippen molar-refractivity contribution < 1.29 is 27.6 Å². The minimum atomic E-state index is -4.56. The van der Waals surface area contributed by atoms with Crippen molar-refractivity contribution in [3.63, 3.8) is 0 Å². The van der Waals surface area contributed by atoms with Crippen LogP contribution in [0.1, 0.15) is 44.9 Å². The van der Waals surface area contributed by atoms with Crippen molar-refractivity contribution in [2.75, 3.05) is 11.4 Å². The molecule has 3 atom stereocenters. The monoisotopic (exact) mass is 430 g/mol. The fourth-order valence-electron chi connectivity index (χ4n) is 4.72. The molecule has 0 aromatic carbocycles. The predicted molar refractivity (Wildman–Crippen MR) is 102 cm³/mol. The van der Waals surface area contributed by atoms with Crippen LogP contribution in [-0.4, -0.2) is 40.9 Å². The molecular formula is C19H25F3N4O4. The van der Waals surface area contributed by atoms with E-state index in [-0.39, 0.29) is 11.4 Å². The maximum absolute atomic E-state index is 13.8. The number of amides is 1. The summed E-state index contributed by atoms with van der Waals surface area (Å²) in [6.07, 6.45) is -4.44. The lowest BCUT2D eigenvalue weighted by Gasteiger charge is -2.50. The summed E-state index contributed by atoms with van der Waals surface area (Å²) in [4.78, 5) is 28.2. The number of pyridine rings is 1. The summed E-state index contributed by atoms with van der Waals surface area (Å²) < 4.78 is 46.4. The van der Waals surface area contributed by atoms with Crippen molar-refractivity contribution in [2.45, 2.75) is 64.8 Å². The second-order valence-corrected chi connectivity index (χ2v) is 8.94. The van der Waals surface area contributed by atoms with Gasteiger partial charge < -0.3 is 15.4 Å². The number of anilines is 1. The zero-order valence-electron chi connectivity index (χ0n) is 17.0. The standard InChI is InChI=1S/C19H25F3N4O4/c1-18(2,3)16-14(30-17(23)27)7-10(19(20,21)22)9-25(16)15-11-5-4-6-12(11)24-8-13(15)26(28)29/h8,10,14,16H,4-7,9H2,1-3H3,(H2,23,27). The molecule has 11 heteroatoms. The van der Waals surface area contributed by atoms with Gasteiger partial charge in [-0.2, -0.15) is 13.2 Å². The van der Waals surface area contributed by atoms with Gasteiger partial charge in [0, 0.05) is 17.8 Å². The number of piperidine rings is 1. The van der Waals surface area contributed by atoms with Gasteiger partial charge in [0.1, 0.15) is 18.0 Å². The van der Waals surface area contributed by atoms with Crippen molar-refractivity contribution >= 4 is 17.5 Å². The average Bonchev–Trinajstić information content (AvgIpc) is 3.06. The first kappa shape index (κ1) is 22.1. The van der Waals surface area contributed by atoms with E-state index in [9.17, 15) is 28.1 Å². The third-order valence-electron chi connectivity index (χ3n) is 5.78. The van der Waals surface area contributed by atoms with E-state index in [0.717, 1.165) is 6.20 Å². The number of ether oxygens (including phenoxy) is 1. The molecule has 3 rings (SSSR count). The third kappa shape index (κ3) is 4.15. The van der Waals surface area contributed by atoms with Gasteiger partial charge in [0.05, 0.1) is 16.9 Å². The summed E-state index contributed by atoms with van der Waals surface area (Å²) in [5, 5.41) is 11.8. The molecule has 0 radical (unpaired) electrons. The minimum absolute atomic E-state index is 0.148. The number of nitro groups is 1. The van der Waals surface area contributed by atoms with Crippen molar-refractivity contribution in [3.8, 4) is 0 Å². The van der Waals surface area contributed by atoms with E-state index < -0.39 is 53.6 Å². The Labute approximate surface area is 171 Å². The Balaban J connectivity index is 2.22. The number of alkyl halides is 3. The minimum Gasteiger partial charge on any atom is -0.444 e. The lowest BCUT2D eigenvalue weighted by Crippen LogP contribution is -2.61. The molecule has 1 aromatic rings. The Hall–Kier alpha value is -2.59. The quantitative estimate of drug-likeness (QED) is 0.578. The second kappa shape index (κ2) is 7.59. The van der Waals surface area contributed by atoms with Gasteiger partial charge in [0.25, 0.3) is 0 Å². The smallest absolute Gasteiger partial charge is 0.404 e. The number of nitrogens with zero attached hydrogens (tertiary/aromatic N) is 3. The first-order chi connectivity index (χ1) is 13.8. The average molecular weight is 430 g/mol. The van der Waals surface area contributed by atoms with Crippen LogP contribution in [0.3, 0.4) is 0 Å². The number of rotatable bonds is 3. The Morgan fingerprint density at radius 3 is 2.53 bits per heavy atom. The van der Waals surface area contributed by atoms with Crippen LogP contribution in [-0.2, 0) is 17.6 Å². The van der Waals surface area contributed by atoms with Crippen LogP contribution < -0.4 is 10.6 Å². The molecule has 3 unspecified atom stereocenters. The van der Waals surface area contributed by atoms with Crippen molar-refractivity contribution in [1.29, 1.82) is 0 Å². The molecular weight excluding hydrogens is 405 g/mol. The maximum Gasteiger partial charge on any atom is 0.404 e. The first-order valence-corrected chi connectivity index (χ1v) is 9.75. The molecule has 0 spiro atoms. The summed E-state index contributed by atoms with van der Waals surface area (Å²) in [7, 11) is 0. The molecule has 0 bridgehead atoms. The van der Waals surface area contributed by atoms with Gasteiger partial charge in [0.2, 0.25) is 0 Å². The molecule has 2 aliphatic rings. The number of primary amides is 1. The van der Waals surface area contributed by atoms with Crippen molar-refractivity contribution in [3.05, 3.63) is 27.6 Å². The van der Waals surface area contributed by atoms with E-state index in [1.807, 2.05) is 0 Å². The van der Waals surface area contributed by atoms with E-state index in [4.69, 9.17) is 10.5 Å². The molecule has 30 heavy (non-hydrogen) atoms. The molecule has 2 heterocycles. The number of carbonyl (C=O) groups excluding carboxylic acids is 1. The third-order valence-corrected chi connectivity index (χ3v) is 5.78. The highest BCUT2D eigenvalue weighted by Crippen LogP contribution is 2.47. The summed E-state index contributed by atoms with van der Waals surface area (Å²) >= 11 is 0. The van der Waals surface area contributed by atoms with Gasteiger partial charge in [-0.3, -0.25) is 15.1 Å². The summed E-state index contributed by atoms with van der Waals surface area (Å²) in [6, 6.07) is -0.741. The number of carbonyl (C=O) groups is 1. The van der Waals surface area contributed by atoms with Gasteiger partial charge in [-0.25, -0.2) is 4.79 Å². The Morgan fingerprint density at radius 1 is 1.33 bits per heavy atom. The number of aryl methyl sites for hydroxylation is 1. The number of aromatic nitrogens is 1. The SMILES string of the molecule is CC(C)(C)C1C(OC(N)=O)CC(C(F)(F)F)CN1c1c([N+](=O)[O-])cnc2c1CCC2. The van der Waals surface area contributed by atoms with Crippen LogP contribution >= 0.6 is 0 Å². The Morgan fingerprint density at radius 2 is 2.00 bits per heavy atom. The molecule has 1 aliphatic carbocycles. The molecule has 1 aliphatic heterocycles. The largest absolute Gasteiger partial charge is 0.444 e. The maximum atomic E-state index is 13.8. The molecule has 166 valence electrons. The number of nitrogens with two attached hydrogens (primary N) is 1. The van der Waals surface area contributed by atoms with E-state index in [1.165, 1.54) is 4.90 Å². The fourth-order valence-corrected chi connectivity index (χ4v) is 4.72. The summed E-state index contributed by atoms with van der Waals surface area (Å²) in [5.41, 5.74) is 5.55. The van der Waals surface area contributed by atoms with Gasteiger partial charge in [-0.15, -0.1) is 0 Å². The normalized spacial score (nSPS) is 24.5. The summed E-state index contributed by atoms with van der Waals surface area (Å²) in [5.74, 6) is -1.83. The molecule has 0 saturated carbocycles. The van der Waals surface area contributed by atoms with E-state index >= 15 is 0 Å². The van der Waals surface area contributed by atoms with E-state index in [1.54, 1.807) is 20.8 Å². The van der Waals surface area contributed by atoms with E-state index in [0.29, 0.717) is 30.5 Å². The molecule has 8 nitrogen and oxygen atoms in total. The number of hydrogen-bond donors (Lipinski definition) is 1. The zero-order valence-corrected chi connectivity index (χ0v) is 17.0. The van der Waals surface area contributed by atoms with Crippen molar-refractivity contribution in [2.24, 2.45) is 17.1 Å². The van der Waals surface area contributed by atoms with Crippen LogP contribution in [0, 0.1) is 21.4 Å². The lowest BCUT2D eigenvalue weighted by atomic mass is 9.75. The zero-order chi connectivity index (χ0) is 22.4. The lowest BCUT2D eigenvalue weighted by molar-refractivity contribution is -0.384. The van der Waals surface area contributed by atoms with Crippen molar-refractivity contribution in [1.82, 2.24) is 4.98 Å². The summed E-state index contributed by atoms with van der Waals surface area (Å²) in [6.45, 7) is 4.91. The van der Waals surface area contributed by atoms with Gasteiger partial charge in [-0.05, 0) is 31.1 Å². The molecule has 1 aromatic heterocycles. The number of hydrogen-bond acceptors (Lipinski definition) is 6. The number of fused-ring (bicyclic) bond motifs is 1. The highest BCUT2D eigenvalue weighted by molar-refractivity contribution is 5.71. The van der Waals surface area contributed by atoms with Gasteiger partial charge >= 0.3 is 18.0 Å². The van der Waals surface area contributed by atoms with Crippen LogP contribution in [0.15, 0.2) is 6.20 Å².